The lowest BCUT2D eigenvalue weighted by molar-refractivity contribution is 0.102. The summed E-state index contributed by atoms with van der Waals surface area (Å²) in [6.07, 6.45) is 0. The SMILES string of the molecule is COc1ccc(C(=O)Nc2ccc(C)nc2C)c(O)c1. The van der Waals surface area contributed by atoms with Gasteiger partial charge in [-0.25, -0.2) is 0 Å². The number of methoxy groups -OCH3 is 1. The Kier molecular flexibility index (Phi) is 3.89. The van der Waals surface area contributed by atoms with E-state index in [1.54, 1.807) is 12.1 Å². The third kappa shape index (κ3) is 2.88. The fourth-order valence-corrected chi connectivity index (χ4v) is 1.84. The summed E-state index contributed by atoms with van der Waals surface area (Å²) in [5.41, 5.74) is 2.42. The van der Waals surface area contributed by atoms with Crippen molar-refractivity contribution in [3.8, 4) is 11.5 Å². The van der Waals surface area contributed by atoms with E-state index < -0.39 is 0 Å². The number of aromatic hydroxyl groups is 1. The molecule has 2 N–H and O–H groups in total. The van der Waals surface area contributed by atoms with Crippen molar-refractivity contribution >= 4 is 11.6 Å². The van der Waals surface area contributed by atoms with Crippen LogP contribution in [0.1, 0.15) is 21.7 Å². The number of anilines is 1. The molecule has 0 atom stereocenters. The van der Waals surface area contributed by atoms with E-state index in [0.717, 1.165) is 11.4 Å². The zero-order chi connectivity index (χ0) is 14.7. The van der Waals surface area contributed by atoms with E-state index in [9.17, 15) is 9.90 Å². The van der Waals surface area contributed by atoms with Gasteiger partial charge in [0.2, 0.25) is 0 Å². The summed E-state index contributed by atoms with van der Waals surface area (Å²) in [7, 11) is 1.50. The zero-order valence-corrected chi connectivity index (χ0v) is 11.6. The number of carbonyl (C=O) groups excluding carboxylic acids is 1. The molecule has 104 valence electrons. The maximum atomic E-state index is 12.1. The van der Waals surface area contributed by atoms with E-state index in [0.29, 0.717) is 11.4 Å². The Morgan fingerprint density at radius 1 is 1.25 bits per heavy atom. The molecule has 5 nitrogen and oxygen atoms in total. The molecular weight excluding hydrogens is 256 g/mol. The van der Waals surface area contributed by atoms with E-state index in [1.807, 2.05) is 19.9 Å². The average Bonchev–Trinajstić information content (AvgIpc) is 2.41. The van der Waals surface area contributed by atoms with E-state index in [-0.39, 0.29) is 17.2 Å². The van der Waals surface area contributed by atoms with Gasteiger partial charge in [-0.15, -0.1) is 0 Å². The molecule has 1 amide bonds. The lowest BCUT2D eigenvalue weighted by atomic mass is 10.1. The van der Waals surface area contributed by atoms with Crippen LogP contribution in [0.25, 0.3) is 0 Å². The lowest BCUT2D eigenvalue weighted by Gasteiger charge is -2.10. The van der Waals surface area contributed by atoms with Gasteiger partial charge in [0, 0.05) is 11.8 Å². The summed E-state index contributed by atoms with van der Waals surface area (Å²) in [5.74, 6) is -0.0225. The molecule has 0 saturated heterocycles. The molecule has 2 rings (SSSR count). The molecule has 0 fully saturated rings. The minimum absolute atomic E-state index is 0.125. The standard InChI is InChI=1S/C15H16N2O3/c1-9-4-7-13(10(2)16-9)17-15(19)12-6-5-11(20-3)8-14(12)18/h4-8,18H,1-3H3,(H,17,19). The Labute approximate surface area is 117 Å². The first kappa shape index (κ1) is 13.9. The van der Waals surface area contributed by atoms with Crippen molar-refractivity contribution in [1.29, 1.82) is 0 Å². The molecule has 0 aliphatic heterocycles. The number of carbonyl (C=O) groups is 1. The van der Waals surface area contributed by atoms with Crippen LogP contribution >= 0.6 is 0 Å². The molecular formula is C15H16N2O3. The average molecular weight is 272 g/mol. The minimum atomic E-state index is -0.390. The van der Waals surface area contributed by atoms with Crippen molar-refractivity contribution in [2.24, 2.45) is 0 Å². The van der Waals surface area contributed by atoms with Crippen LogP contribution in [-0.2, 0) is 0 Å². The van der Waals surface area contributed by atoms with Crippen molar-refractivity contribution in [2.45, 2.75) is 13.8 Å². The maximum absolute atomic E-state index is 12.1. The Morgan fingerprint density at radius 3 is 2.60 bits per heavy atom. The number of rotatable bonds is 3. The molecule has 0 saturated carbocycles. The highest BCUT2D eigenvalue weighted by Gasteiger charge is 2.13. The number of nitrogens with one attached hydrogen (secondary N) is 1. The van der Waals surface area contributed by atoms with E-state index in [1.165, 1.54) is 19.2 Å². The van der Waals surface area contributed by atoms with Crippen molar-refractivity contribution in [3.05, 3.63) is 47.3 Å². The second kappa shape index (κ2) is 5.61. The molecule has 20 heavy (non-hydrogen) atoms. The number of hydrogen-bond acceptors (Lipinski definition) is 4. The van der Waals surface area contributed by atoms with Crippen LogP contribution < -0.4 is 10.1 Å². The van der Waals surface area contributed by atoms with Gasteiger partial charge in [-0.2, -0.15) is 0 Å². The van der Waals surface area contributed by atoms with Crippen molar-refractivity contribution in [2.75, 3.05) is 12.4 Å². The summed E-state index contributed by atoms with van der Waals surface area (Å²) in [6.45, 7) is 3.70. The van der Waals surface area contributed by atoms with Crippen molar-refractivity contribution in [1.82, 2.24) is 4.98 Å². The lowest BCUT2D eigenvalue weighted by Crippen LogP contribution is -2.13. The topological polar surface area (TPSA) is 71.5 Å². The first-order valence-corrected chi connectivity index (χ1v) is 6.14. The van der Waals surface area contributed by atoms with E-state index >= 15 is 0 Å². The largest absolute Gasteiger partial charge is 0.507 e. The summed E-state index contributed by atoms with van der Waals surface area (Å²) in [5, 5.41) is 12.6. The molecule has 2 aromatic rings. The summed E-state index contributed by atoms with van der Waals surface area (Å²) in [4.78, 5) is 16.4. The smallest absolute Gasteiger partial charge is 0.259 e. The molecule has 1 heterocycles. The van der Waals surface area contributed by atoms with Crippen LogP contribution in [0.4, 0.5) is 5.69 Å². The van der Waals surface area contributed by atoms with Gasteiger partial charge in [-0.1, -0.05) is 0 Å². The molecule has 0 spiro atoms. The van der Waals surface area contributed by atoms with Gasteiger partial charge < -0.3 is 15.2 Å². The summed E-state index contributed by atoms with van der Waals surface area (Å²) < 4.78 is 4.98. The monoisotopic (exact) mass is 272 g/mol. The third-order valence-electron chi connectivity index (χ3n) is 2.92. The van der Waals surface area contributed by atoms with Crippen LogP contribution in [0, 0.1) is 13.8 Å². The van der Waals surface area contributed by atoms with Crippen molar-refractivity contribution in [3.63, 3.8) is 0 Å². The van der Waals surface area contributed by atoms with Gasteiger partial charge in [-0.3, -0.25) is 9.78 Å². The first-order chi connectivity index (χ1) is 9.51. The van der Waals surface area contributed by atoms with Crippen LogP contribution in [-0.4, -0.2) is 23.1 Å². The van der Waals surface area contributed by atoms with Gasteiger partial charge in [-0.05, 0) is 38.1 Å². The number of phenolic OH excluding ortho intramolecular Hbond substituents is 1. The Balaban J connectivity index is 2.24. The number of nitrogens with zero attached hydrogens (tertiary/aromatic N) is 1. The van der Waals surface area contributed by atoms with Gasteiger partial charge in [0.05, 0.1) is 24.1 Å². The normalized spacial score (nSPS) is 10.2. The molecule has 0 aliphatic carbocycles. The number of aromatic nitrogens is 1. The second-order valence-electron chi connectivity index (χ2n) is 4.42. The van der Waals surface area contributed by atoms with Crippen LogP contribution in [0.3, 0.4) is 0 Å². The second-order valence-corrected chi connectivity index (χ2v) is 4.42. The fraction of sp³-hybridized carbons (Fsp3) is 0.200. The number of ether oxygens (including phenoxy) is 1. The van der Waals surface area contributed by atoms with Gasteiger partial charge in [0.15, 0.2) is 0 Å². The summed E-state index contributed by atoms with van der Waals surface area (Å²) >= 11 is 0. The molecule has 0 radical (unpaired) electrons. The molecule has 0 bridgehead atoms. The summed E-state index contributed by atoms with van der Waals surface area (Å²) in [6, 6.07) is 8.14. The Hall–Kier alpha value is -2.56. The number of hydrogen-bond donors (Lipinski definition) is 2. The zero-order valence-electron chi connectivity index (χ0n) is 11.6. The number of benzene rings is 1. The predicted molar refractivity (Wildman–Crippen MR) is 76.3 cm³/mol. The Morgan fingerprint density at radius 2 is 2.00 bits per heavy atom. The van der Waals surface area contributed by atoms with Crippen LogP contribution in [0.2, 0.25) is 0 Å². The number of pyridine rings is 1. The van der Waals surface area contributed by atoms with Crippen molar-refractivity contribution < 1.29 is 14.6 Å². The molecule has 1 aromatic heterocycles. The highest BCUT2D eigenvalue weighted by atomic mass is 16.5. The third-order valence-corrected chi connectivity index (χ3v) is 2.92. The number of aryl methyl sites for hydroxylation is 2. The quantitative estimate of drug-likeness (QED) is 0.901. The maximum Gasteiger partial charge on any atom is 0.259 e. The fourth-order valence-electron chi connectivity index (χ4n) is 1.84. The molecule has 0 aliphatic rings. The first-order valence-electron chi connectivity index (χ1n) is 6.14. The highest BCUT2D eigenvalue weighted by Crippen LogP contribution is 2.24. The predicted octanol–water partition coefficient (Wildman–Crippen LogP) is 2.66. The molecule has 0 unspecified atom stereocenters. The van der Waals surface area contributed by atoms with Crippen LogP contribution in [0.5, 0.6) is 11.5 Å². The number of amides is 1. The number of phenols is 1. The minimum Gasteiger partial charge on any atom is -0.507 e. The van der Waals surface area contributed by atoms with Gasteiger partial charge in [0.1, 0.15) is 11.5 Å². The van der Waals surface area contributed by atoms with E-state index in [4.69, 9.17) is 4.74 Å². The van der Waals surface area contributed by atoms with Gasteiger partial charge >= 0.3 is 0 Å². The Bertz CT molecular complexity index is 654. The molecule has 1 aromatic carbocycles. The van der Waals surface area contributed by atoms with Gasteiger partial charge in [0.25, 0.3) is 5.91 Å². The highest BCUT2D eigenvalue weighted by molar-refractivity contribution is 6.06. The van der Waals surface area contributed by atoms with Crippen LogP contribution in [0.15, 0.2) is 30.3 Å². The van der Waals surface area contributed by atoms with E-state index in [2.05, 4.69) is 10.3 Å². The molecule has 5 heteroatoms.